The molecule has 9 heteroatoms. The number of tetrazole rings is 1. The number of carbonyl (C=O) groups is 1. The maximum absolute atomic E-state index is 11.6. The van der Waals surface area contributed by atoms with Crippen molar-refractivity contribution in [3.8, 4) is 0 Å². The van der Waals surface area contributed by atoms with Gasteiger partial charge in [0.2, 0.25) is 5.91 Å². The molecule has 0 bridgehead atoms. The van der Waals surface area contributed by atoms with Gasteiger partial charge in [-0.2, -0.15) is 5.21 Å². The Balaban J connectivity index is 2.12. The minimum atomic E-state index is -0.571. The number of rotatable bonds is 8. The highest BCUT2D eigenvalue weighted by Crippen LogP contribution is 2.01. The Morgan fingerprint density at radius 3 is 2.83 bits per heavy atom. The van der Waals surface area contributed by atoms with Gasteiger partial charge in [0, 0.05) is 0 Å². The third kappa shape index (κ3) is 5.66. The molecular formula is C9H20N8O. The van der Waals surface area contributed by atoms with E-state index < -0.39 is 6.04 Å². The molecule has 0 fully saturated rings. The van der Waals surface area contributed by atoms with E-state index in [0.717, 1.165) is 19.4 Å². The minimum Gasteiger partial charge on any atom is -0.320 e. The lowest BCUT2D eigenvalue weighted by molar-refractivity contribution is -0.117. The summed E-state index contributed by atoms with van der Waals surface area (Å²) in [6.07, 6.45) is 2.36. The topological polar surface area (TPSA) is 148 Å². The number of nitrogens with one attached hydrogen (secondary N) is 3. The lowest BCUT2D eigenvalue weighted by Crippen LogP contribution is -2.37. The van der Waals surface area contributed by atoms with Crippen LogP contribution in [0, 0.1) is 0 Å². The highest BCUT2D eigenvalue weighted by atomic mass is 16.2. The Labute approximate surface area is 105 Å². The Bertz CT molecular complexity index is 338. The van der Waals surface area contributed by atoms with Gasteiger partial charge in [0.25, 0.3) is 5.95 Å². The van der Waals surface area contributed by atoms with Crippen molar-refractivity contribution < 1.29 is 4.79 Å². The van der Waals surface area contributed by atoms with Gasteiger partial charge in [-0.25, -0.2) is 0 Å². The molecule has 0 aliphatic heterocycles. The second-order valence-corrected chi connectivity index (χ2v) is 4.07. The second-order valence-electron chi connectivity index (χ2n) is 4.07. The van der Waals surface area contributed by atoms with Crippen LogP contribution >= 0.6 is 0 Å². The van der Waals surface area contributed by atoms with Gasteiger partial charge in [0.05, 0.1) is 12.2 Å². The van der Waals surface area contributed by atoms with E-state index in [1.807, 2.05) is 6.92 Å². The number of hydrogen-bond acceptors (Lipinski definition) is 7. The molecule has 0 aliphatic rings. The van der Waals surface area contributed by atoms with E-state index in [9.17, 15) is 4.79 Å². The zero-order chi connectivity index (χ0) is 13.4. The van der Waals surface area contributed by atoms with E-state index in [-0.39, 0.29) is 18.0 Å². The zero-order valence-corrected chi connectivity index (χ0v) is 10.4. The van der Waals surface area contributed by atoms with Gasteiger partial charge in [-0.3, -0.25) is 10.1 Å². The number of H-pyrrole nitrogens is 1. The van der Waals surface area contributed by atoms with Gasteiger partial charge in [-0.05, 0) is 31.5 Å². The van der Waals surface area contributed by atoms with Crippen molar-refractivity contribution in [3.05, 3.63) is 0 Å². The third-order valence-corrected chi connectivity index (χ3v) is 2.33. The van der Waals surface area contributed by atoms with Crippen LogP contribution in [0.1, 0.15) is 26.2 Å². The molecule has 9 nitrogen and oxygen atoms in total. The van der Waals surface area contributed by atoms with Gasteiger partial charge >= 0.3 is 0 Å². The molecule has 1 amide bonds. The summed E-state index contributed by atoms with van der Waals surface area (Å²) >= 11 is 0. The summed E-state index contributed by atoms with van der Waals surface area (Å²) < 4.78 is 0. The molecule has 0 radical (unpaired) electrons. The maximum Gasteiger partial charge on any atom is 0.269 e. The number of unbranched alkanes of at least 4 members (excludes halogenated alkanes) is 1. The number of aromatic nitrogens is 4. The summed E-state index contributed by atoms with van der Waals surface area (Å²) in [4.78, 5) is 11.6. The minimum absolute atomic E-state index is 0.0137. The first-order valence-corrected chi connectivity index (χ1v) is 5.88. The molecule has 18 heavy (non-hydrogen) atoms. The van der Waals surface area contributed by atoms with Crippen LogP contribution in [0.5, 0.6) is 0 Å². The molecule has 1 heterocycles. The molecule has 2 atom stereocenters. The number of aromatic amines is 1. The van der Waals surface area contributed by atoms with E-state index in [2.05, 4.69) is 31.3 Å². The Morgan fingerprint density at radius 1 is 1.44 bits per heavy atom. The Kier molecular flexibility index (Phi) is 6.19. The predicted molar refractivity (Wildman–Crippen MR) is 66.3 cm³/mol. The molecule has 0 saturated carbocycles. The fourth-order valence-corrected chi connectivity index (χ4v) is 1.37. The van der Waals surface area contributed by atoms with Crippen molar-refractivity contribution in [1.29, 1.82) is 0 Å². The monoisotopic (exact) mass is 256 g/mol. The molecule has 102 valence electrons. The molecule has 1 rings (SSSR count). The van der Waals surface area contributed by atoms with Crippen LogP contribution in [0.2, 0.25) is 0 Å². The van der Waals surface area contributed by atoms with E-state index in [1.54, 1.807) is 0 Å². The number of hydrogen-bond donors (Lipinski definition) is 5. The maximum atomic E-state index is 11.6. The van der Waals surface area contributed by atoms with Gasteiger partial charge in [-0.15, -0.1) is 5.10 Å². The average Bonchev–Trinajstić information content (AvgIpc) is 2.80. The molecule has 0 spiro atoms. The molecule has 1 aromatic heterocycles. The first kappa shape index (κ1) is 14.5. The fourth-order valence-electron chi connectivity index (χ4n) is 1.37. The molecule has 7 N–H and O–H groups in total. The summed E-state index contributed by atoms with van der Waals surface area (Å²) in [7, 11) is 0. The molecule has 0 aromatic carbocycles. The number of nitrogens with two attached hydrogens (primary N) is 2. The van der Waals surface area contributed by atoms with Crippen molar-refractivity contribution in [2.75, 3.05) is 11.9 Å². The molecule has 0 saturated heterocycles. The number of nitrogens with zero attached hydrogens (tertiary/aromatic N) is 3. The first-order chi connectivity index (χ1) is 8.59. The van der Waals surface area contributed by atoms with Crippen LogP contribution in [-0.4, -0.2) is 45.3 Å². The van der Waals surface area contributed by atoms with Gasteiger partial charge in [0.15, 0.2) is 0 Å². The van der Waals surface area contributed by atoms with Crippen LogP contribution < -0.4 is 22.1 Å². The van der Waals surface area contributed by atoms with Crippen molar-refractivity contribution >= 4 is 11.9 Å². The van der Waals surface area contributed by atoms with Crippen molar-refractivity contribution in [1.82, 2.24) is 25.9 Å². The Hall–Kier alpha value is -1.58. The summed E-state index contributed by atoms with van der Waals surface area (Å²) in [5.41, 5.74) is 11.3. The van der Waals surface area contributed by atoms with E-state index in [4.69, 9.17) is 11.5 Å². The molecular weight excluding hydrogens is 236 g/mol. The van der Waals surface area contributed by atoms with Crippen LogP contribution in [0.4, 0.5) is 5.95 Å². The zero-order valence-electron chi connectivity index (χ0n) is 10.4. The summed E-state index contributed by atoms with van der Waals surface area (Å²) in [5.74, 6) is -0.175. The lowest BCUT2D eigenvalue weighted by Gasteiger charge is -2.11. The smallest absolute Gasteiger partial charge is 0.269 e. The van der Waals surface area contributed by atoms with Crippen LogP contribution in [0.25, 0.3) is 0 Å². The van der Waals surface area contributed by atoms with Gasteiger partial charge in [0.1, 0.15) is 0 Å². The second kappa shape index (κ2) is 7.69. The fraction of sp³-hybridized carbons (Fsp3) is 0.778. The standard InChI is InChI=1S/C9H20N8O/c1-6(10)12-5-3-2-4-7(11)8(18)13-9-14-16-17-15-9/h6-7,12H,2-5,10-11H2,1H3,(H2,13,14,15,16,17,18). The third-order valence-electron chi connectivity index (χ3n) is 2.33. The summed E-state index contributed by atoms with van der Waals surface area (Å²) in [6, 6.07) is -0.571. The van der Waals surface area contributed by atoms with Crippen molar-refractivity contribution in [2.45, 2.75) is 38.4 Å². The summed E-state index contributed by atoms with van der Waals surface area (Å²) in [6.45, 7) is 2.70. The lowest BCUT2D eigenvalue weighted by atomic mass is 10.1. The number of carbonyl (C=O) groups excluding carboxylic acids is 1. The van der Waals surface area contributed by atoms with Gasteiger partial charge < -0.3 is 16.8 Å². The van der Waals surface area contributed by atoms with Gasteiger partial charge in [-0.1, -0.05) is 11.5 Å². The highest BCUT2D eigenvalue weighted by Gasteiger charge is 2.14. The van der Waals surface area contributed by atoms with Crippen LogP contribution in [0.3, 0.4) is 0 Å². The highest BCUT2D eigenvalue weighted by molar-refractivity contribution is 5.92. The van der Waals surface area contributed by atoms with E-state index in [1.165, 1.54) is 0 Å². The normalized spacial score (nSPS) is 14.2. The molecule has 1 aromatic rings. The van der Waals surface area contributed by atoms with E-state index in [0.29, 0.717) is 6.42 Å². The molecule has 0 aliphatic carbocycles. The first-order valence-electron chi connectivity index (χ1n) is 5.88. The predicted octanol–water partition coefficient (Wildman–Crippen LogP) is -1.47. The number of anilines is 1. The van der Waals surface area contributed by atoms with E-state index >= 15 is 0 Å². The van der Waals surface area contributed by atoms with Crippen LogP contribution in [0.15, 0.2) is 0 Å². The van der Waals surface area contributed by atoms with Crippen molar-refractivity contribution in [3.63, 3.8) is 0 Å². The average molecular weight is 256 g/mol. The number of amides is 1. The SMILES string of the molecule is CC(N)NCCCCC(N)C(=O)Nc1nn[nH]n1. The van der Waals surface area contributed by atoms with Crippen LogP contribution in [-0.2, 0) is 4.79 Å². The van der Waals surface area contributed by atoms with Crippen molar-refractivity contribution in [2.24, 2.45) is 11.5 Å². The molecule has 2 unspecified atom stereocenters. The summed E-state index contributed by atoms with van der Waals surface area (Å²) in [5, 5.41) is 18.3. The largest absolute Gasteiger partial charge is 0.320 e. The Morgan fingerprint density at radius 2 is 2.22 bits per heavy atom. The quantitative estimate of drug-likeness (QED) is 0.281.